The van der Waals surface area contributed by atoms with Gasteiger partial charge in [0.05, 0.1) is 12.7 Å². The molecular formula is C19H21NO4. The van der Waals surface area contributed by atoms with Crippen LogP contribution in [0.25, 0.3) is 0 Å². The van der Waals surface area contributed by atoms with E-state index in [2.05, 4.69) is 19.2 Å². The van der Waals surface area contributed by atoms with Crippen LogP contribution in [0.4, 0.5) is 5.69 Å². The summed E-state index contributed by atoms with van der Waals surface area (Å²) in [6.07, 6.45) is 0. The van der Waals surface area contributed by atoms with Gasteiger partial charge in [-0.2, -0.15) is 0 Å². The zero-order chi connectivity index (χ0) is 17.5. The maximum atomic E-state index is 11.9. The van der Waals surface area contributed by atoms with E-state index in [0.29, 0.717) is 22.9 Å². The molecule has 0 atom stereocenters. The lowest BCUT2D eigenvalue weighted by Crippen LogP contribution is -2.20. The van der Waals surface area contributed by atoms with E-state index >= 15 is 0 Å². The lowest BCUT2D eigenvalue weighted by Gasteiger charge is -2.09. The fourth-order valence-electron chi connectivity index (χ4n) is 2.09. The number of hydrogen-bond donors (Lipinski definition) is 1. The summed E-state index contributed by atoms with van der Waals surface area (Å²) < 4.78 is 10.0. The minimum absolute atomic E-state index is 0.337. The average molecular weight is 327 g/mol. The van der Waals surface area contributed by atoms with Crippen LogP contribution in [-0.2, 0) is 9.53 Å². The van der Waals surface area contributed by atoms with Gasteiger partial charge < -0.3 is 14.8 Å². The lowest BCUT2D eigenvalue weighted by atomic mass is 10.0. The molecule has 0 spiro atoms. The van der Waals surface area contributed by atoms with E-state index in [1.807, 2.05) is 24.3 Å². The Balaban J connectivity index is 1.84. The van der Waals surface area contributed by atoms with Gasteiger partial charge in [0.1, 0.15) is 5.75 Å². The summed E-state index contributed by atoms with van der Waals surface area (Å²) in [5.41, 5.74) is 2.23. The summed E-state index contributed by atoms with van der Waals surface area (Å²) in [6, 6.07) is 14.1. The molecule has 0 saturated heterocycles. The number of ether oxygens (including phenoxy) is 2. The second-order valence-corrected chi connectivity index (χ2v) is 5.63. The Morgan fingerprint density at radius 1 is 1.00 bits per heavy atom. The Morgan fingerprint density at radius 2 is 1.62 bits per heavy atom. The maximum absolute atomic E-state index is 11.9. The van der Waals surface area contributed by atoms with Crippen LogP contribution in [0.1, 0.15) is 35.7 Å². The summed E-state index contributed by atoms with van der Waals surface area (Å²) in [7, 11) is 1.55. The molecule has 0 saturated carbocycles. The van der Waals surface area contributed by atoms with E-state index in [1.54, 1.807) is 31.4 Å². The number of esters is 1. The van der Waals surface area contributed by atoms with Gasteiger partial charge in [-0.05, 0) is 47.9 Å². The molecule has 0 aliphatic heterocycles. The predicted octanol–water partition coefficient (Wildman–Crippen LogP) is 3.61. The number of nitrogens with one attached hydrogen (secondary N) is 1. The van der Waals surface area contributed by atoms with E-state index in [4.69, 9.17) is 9.47 Å². The van der Waals surface area contributed by atoms with Crippen molar-refractivity contribution in [2.24, 2.45) is 0 Å². The van der Waals surface area contributed by atoms with Crippen LogP contribution < -0.4 is 10.1 Å². The Labute approximate surface area is 141 Å². The van der Waals surface area contributed by atoms with Gasteiger partial charge in [-0.1, -0.05) is 26.0 Å². The number of hydrogen-bond acceptors (Lipinski definition) is 4. The molecule has 2 aromatic carbocycles. The zero-order valence-electron chi connectivity index (χ0n) is 14.0. The van der Waals surface area contributed by atoms with Crippen LogP contribution in [0.3, 0.4) is 0 Å². The molecule has 2 rings (SSSR count). The van der Waals surface area contributed by atoms with E-state index in [9.17, 15) is 9.59 Å². The molecule has 0 radical (unpaired) electrons. The van der Waals surface area contributed by atoms with Crippen molar-refractivity contribution in [3.8, 4) is 5.75 Å². The number of methoxy groups -OCH3 is 1. The molecule has 0 heterocycles. The van der Waals surface area contributed by atoms with Crippen LogP contribution in [0.15, 0.2) is 48.5 Å². The molecule has 0 fully saturated rings. The number of anilines is 1. The number of rotatable bonds is 6. The molecule has 0 bridgehead atoms. The first kappa shape index (κ1) is 17.5. The van der Waals surface area contributed by atoms with Crippen molar-refractivity contribution in [3.05, 3.63) is 59.7 Å². The number of benzene rings is 2. The van der Waals surface area contributed by atoms with E-state index in [-0.39, 0.29) is 12.5 Å². The topological polar surface area (TPSA) is 64.6 Å². The molecule has 0 aliphatic carbocycles. The Morgan fingerprint density at radius 3 is 2.17 bits per heavy atom. The summed E-state index contributed by atoms with van der Waals surface area (Å²) in [5.74, 6) is 0.145. The normalized spacial score (nSPS) is 10.3. The second kappa shape index (κ2) is 8.15. The van der Waals surface area contributed by atoms with Gasteiger partial charge in [0.25, 0.3) is 5.91 Å². The van der Waals surface area contributed by atoms with Gasteiger partial charge in [0, 0.05) is 5.69 Å². The minimum atomic E-state index is -0.553. The van der Waals surface area contributed by atoms with Gasteiger partial charge in [0.15, 0.2) is 6.61 Å². The molecule has 0 aromatic heterocycles. The Kier molecular flexibility index (Phi) is 5.95. The number of amides is 1. The summed E-state index contributed by atoms with van der Waals surface area (Å²) >= 11 is 0. The smallest absolute Gasteiger partial charge is 0.338 e. The molecule has 5 nitrogen and oxygen atoms in total. The average Bonchev–Trinajstić information content (AvgIpc) is 2.60. The third kappa shape index (κ3) is 4.84. The Hall–Kier alpha value is -2.82. The van der Waals surface area contributed by atoms with Gasteiger partial charge in [-0.15, -0.1) is 0 Å². The second-order valence-electron chi connectivity index (χ2n) is 5.63. The fourth-order valence-corrected chi connectivity index (χ4v) is 2.09. The van der Waals surface area contributed by atoms with Crippen molar-refractivity contribution in [1.29, 1.82) is 0 Å². The molecule has 2 aromatic rings. The van der Waals surface area contributed by atoms with Crippen molar-refractivity contribution in [2.45, 2.75) is 19.8 Å². The van der Waals surface area contributed by atoms with Crippen LogP contribution in [0.2, 0.25) is 0 Å². The Bertz CT molecular complexity index is 690. The molecule has 5 heteroatoms. The highest BCUT2D eigenvalue weighted by molar-refractivity contribution is 5.95. The molecule has 1 N–H and O–H groups in total. The SMILES string of the molecule is COc1ccc(C(=O)OCC(=O)Nc2ccc(C(C)C)cc2)cc1. The highest BCUT2D eigenvalue weighted by Crippen LogP contribution is 2.17. The summed E-state index contributed by atoms with van der Waals surface area (Å²) in [5, 5.41) is 2.70. The van der Waals surface area contributed by atoms with E-state index < -0.39 is 5.97 Å². The highest BCUT2D eigenvalue weighted by atomic mass is 16.5. The third-order valence-electron chi connectivity index (χ3n) is 3.52. The first-order valence-corrected chi connectivity index (χ1v) is 7.70. The van der Waals surface area contributed by atoms with Crippen LogP contribution in [-0.4, -0.2) is 25.6 Å². The molecule has 1 amide bonds. The van der Waals surface area contributed by atoms with E-state index in [0.717, 1.165) is 0 Å². The molecular weight excluding hydrogens is 306 g/mol. The minimum Gasteiger partial charge on any atom is -0.497 e. The van der Waals surface area contributed by atoms with Crippen LogP contribution in [0, 0.1) is 0 Å². The van der Waals surface area contributed by atoms with Crippen LogP contribution >= 0.6 is 0 Å². The molecule has 0 unspecified atom stereocenters. The van der Waals surface area contributed by atoms with Gasteiger partial charge >= 0.3 is 5.97 Å². The van der Waals surface area contributed by atoms with Crippen molar-refractivity contribution in [2.75, 3.05) is 19.0 Å². The third-order valence-corrected chi connectivity index (χ3v) is 3.52. The molecule has 126 valence electrons. The molecule has 0 aliphatic rings. The van der Waals surface area contributed by atoms with Gasteiger partial charge in [0.2, 0.25) is 0 Å². The summed E-state index contributed by atoms with van der Waals surface area (Å²) in [6.45, 7) is 3.87. The maximum Gasteiger partial charge on any atom is 0.338 e. The van der Waals surface area contributed by atoms with Crippen molar-refractivity contribution in [1.82, 2.24) is 0 Å². The van der Waals surface area contributed by atoms with Gasteiger partial charge in [-0.3, -0.25) is 4.79 Å². The predicted molar refractivity (Wildman–Crippen MR) is 92.4 cm³/mol. The first-order valence-electron chi connectivity index (χ1n) is 7.70. The van der Waals surface area contributed by atoms with E-state index in [1.165, 1.54) is 5.56 Å². The highest BCUT2D eigenvalue weighted by Gasteiger charge is 2.10. The quantitative estimate of drug-likeness (QED) is 0.823. The first-order chi connectivity index (χ1) is 11.5. The number of carbonyl (C=O) groups excluding carboxylic acids is 2. The van der Waals surface area contributed by atoms with Gasteiger partial charge in [-0.25, -0.2) is 4.79 Å². The van der Waals surface area contributed by atoms with Crippen molar-refractivity contribution >= 4 is 17.6 Å². The van der Waals surface area contributed by atoms with Crippen molar-refractivity contribution in [3.63, 3.8) is 0 Å². The molecule has 24 heavy (non-hydrogen) atoms. The standard InChI is InChI=1S/C19H21NO4/c1-13(2)14-4-8-16(9-5-14)20-18(21)12-24-19(22)15-6-10-17(23-3)11-7-15/h4-11,13H,12H2,1-3H3,(H,20,21). The van der Waals surface area contributed by atoms with Crippen LogP contribution in [0.5, 0.6) is 5.75 Å². The van der Waals surface area contributed by atoms with Crippen molar-refractivity contribution < 1.29 is 19.1 Å². The zero-order valence-corrected chi connectivity index (χ0v) is 14.0. The lowest BCUT2D eigenvalue weighted by molar-refractivity contribution is -0.119. The fraction of sp³-hybridized carbons (Fsp3) is 0.263. The summed E-state index contributed by atoms with van der Waals surface area (Å²) in [4.78, 5) is 23.7. The number of carbonyl (C=O) groups is 2. The monoisotopic (exact) mass is 327 g/mol. The largest absolute Gasteiger partial charge is 0.497 e.